The molecule has 0 unspecified atom stereocenters. The number of nitrogens with one attached hydrogen (secondary N) is 2. The van der Waals surface area contributed by atoms with Gasteiger partial charge < -0.3 is 15.2 Å². The summed E-state index contributed by atoms with van der Waals surface area (Å²) in [6.07, 6.45) is 2.79. The fourth-order valence-corrected chi connectivity index (χ4v) is 3.37. The normalized spacial score (nSPS) is 11.7. The van der Waals surface area contributed by atoms with Crippen molar-refractivity contribution in [3.8, 4) is 11.3 Å². The molecule has 2 N–H and O–H groups in total. The van der Waals surface area contributed by atoms with E-state index in [0.717, 1.165) is 41.7 Å². The van der Waals surface area contributed by atoms with Crippen molar-refractivity contribution in [2.45, 2.75) is 26.8 Å². The molecule has 0 aliphatic carbocycles. The van der Waals surface area contributed by atoms with Crippen molar-refractivity contribution >= 4 is 5.96 Å². The minimum absolute atomic E-state index is 0.650. The highest BCUT2D eigenvalue weighted by atomic mass is 15.3. The Balaban J connectivity index is 1.57. The van der Waals surface area contributed by atoms with Crippen LogP contribution >= 0.6 is 0 Å². The van der Waals surface area contributed by atoms with Gasteiger partial charge in [0.1, 0.15) is 5.82 Å². The van der Waals surface area contributed by atoms with Crippen molar-refractivity contribution in [2.75, 3.05) is 20.6 Å². The molecule has 3 aromatic rings. The van der Waals surface area contributed by atoms with Crippen LogP contribution in [0.1, 0.15) is 22.8 Å². The number of nitrogens with zero attached hydrogens (tertiary/aromatic N) is 5. The topological polar surface area (TPSA) is 74.1 Å². The summed E-state index contributed by atoms with van der Waals surface area (Å²) in [5.74, 6) is 1.75. The van der Waals surface area contributed by atoms with Gasteiger partial charge >= 0.3 is 0 Å². The minimum Gasteiger partial charge on any atom is -0.356 e. The van der Waals surface area contributed by atoms with Crippen molar-refractivity contribution in [3.63, 3.8) is 0 Å². The number of hydrogen-bond donors (Lipinski definition) is 2. The van der Waals surface area contributed by atoms with Gasteiger partial charge in [-0.1, -0.05) is 30.3 Å². The van der Waals surface area contributed by atoms with Crippen molar-refractivity contribution < 1.29 is 0 Å². The fourth-order valence-electron chi connectivity index (χ4n) is 3.37. The molecule has 0 bridgehead atoms. The quantitative estimate of drug-likeness (QED) is 0.510. The monoisotopic (exact) mass is 379 g/mol. The summed E-state index contributed by atoms with van der Waals surface area (Å²) >= 11 is 0. The van der Waals surface area contributed by atoms with Crippen LogP contribution in [0.15, 0.2) is 41.5 Å². The third-order valence-electron chi connectivity index (χ3n) is 4.99. The van der Waals surface area contributed by atoms with E-state index < -0.39 is 0 Å². The number of aromatic nitrogens is 4. The van der Waals surface area contributed by atoms with Crippen molar-refractivity contribution in [3.05, 3.63) is 59.3 Å². The summed E-state index contributed by atoms with van der Waals surface area (Å²) in [6, 6.07) is 10.2. The summed E-state index contributed by atoms with van der Waals surface area (Å²) in [5, 5.41) is 7.92. The van der Waals surface area contributed by atoms with Gasteiger partial charge in [-0.3, -0.25) is 9.67 Å². The molecule has 0 aliphatic rings. The van der Waals surface area contributed by atoms with E-state index in [1.807, 2.05) is 43.2 Å². The second kappa shape index (κ2) is 8.73. The molecule has 3 rings (SSSR count). The number of hydrogen-bond acceptors (Lipinski definition) is 3. The average Bonchev–Trinajstić information content (AvgIpc) is 3.25. The van der Waals surface area contributed by atoms with Crippen LogP contribution in [-0.2, 0) is 20.0 Å². The lowest BCUT2D eigenvalue weighted by atomic mass is 10.1. The fraction of sp³-hybridized carbons (Fsp3) is 0.381. The highest BCUT2D eigenvalue weighted by Gasteiger charge is 2.12. The highest BCUT2D eigenvalue weighted by molar-refractivity contribution is 5.79. The Morgan fingerprint density at radius 2 is 2.00 bits per heavy atom. The molecule has 7 heteroatoms. The van der Waals surface area contributed by atoms with Crippen molar-refractivity contribution in [1.29, 1.82) is 0 Å². The van der Waals surface area contributed by atoms with E-state index >= 15 is 0 Å². The zero-order valence-corrected chi connectivity index (χ0v) is 17.3. The predicted molar refractivity (Wildman–Crippen MR) is 113 cm³/mol. The van der Waals surface area contributed by atoms with E-state index in [1.165, 1.54) is 11.3 Å². The van der Waals surface area contributed by atoms with E-state index in [1.54, 1.807) is 7.05 Å². The second-order valence-electron chi connectivity index (χ2n) is 6.96. The van der Waals surface area contributed by atoms with Gasteiger partial charge in [0.15, 0.2) is 5.96 Å². The van der Waals surface area contributed by atoms with Crippen LogP contribution in [-0.4, -0.2) is 51.2 Å². The lowest BCUT2D eigenvalue weighted by Gasteiger charge is -2.21. The molecular weight excluding hydrogens is 350 g/mol. The van der Waals surface area contributed by atoms with E-state index in [4.69, 9.17) is 0 Å². The van der Waals surface area contributed by atoms with E-state index in [9.17, 15) is 0 Å². The first-order valence-corrected chi connectivity index (χ1v) is 9.49. The first kappa shape index (κ1) is 19.7. The number of aromatic amines is 1. The van der Waals surface area contributed by atoms with Gasteiger partial charge in [-0.25, -0.2) is 4.98 Å². The summed E-state index contributed by atoms with van der Waals surface area (Å²) in [6.45, 7) is 5.62. The highest BCUT2D eigenvalue weighted by Crippen LogP contribution is 2.16. The number of guanidine groups is 1. The third kappa shape index (κ3) is 4.42. The van der Waals surface area contributed by atoms with Crippen molar-refractivity contribution in [1.82, 2.24) is 30.0 Å². The zero-order chi connectivity index (χ0) is 20.1. The first-order valence-electron chi connectivity index (χ1n) is 9.49. The van der Waals surface area contributed by atoms with Crippen molar-refractivity contribution in [2.24, 2.45) is 12.0 Å². The maximum atomic E-state index is 4.51. The molecule has 2 heterocycles. The van der Waals surface area contributed by atoms with Crippen LogP contribution in [0.4, 0.5) is 0 Å². The van der Waals surface area contributed by atoms with Gasteiger partial charge in [-0.05, 0) is 31.4 Å². The first-order chi connectivity index (χ1) is 13.5. The maximum absolute atomic E-state index is 4.51. The zero-order valence-electron chi connectivity index (χ0n) is 17.3. The predicted octanol–water partition coefficient (Wildman–Crippen LogP) is 2.68. The number of imidazole rings is 1. The van der Waals surface area contributed by atoms with Crippen LogP contribution in [0.25, 0.3) is 11.3 Å². The smallest absolute Gasteiger partial charge is 0.193 e. The van der Waals surface area contributed by atoms with Crippen LogP contribution in [0.5, 0.6) is 0 Å². The molecule has 0 fully saturated rings. The Hall–Kier alpha value is -3.09. The molecule has 0 aliphatic heterocycles. The molecule has 1 aromatic carbocycles. The van der Waals surface area contributed by atoms with Crippen LogP contribution < -0.4 is 5.32 Å². The summed E-state index contributed by atoms with van der Waals surface area (Å²) in [5.41, 5.74) is 5.76. The molecule has 0 atom stereocenters. The van der Waals surface area contributed by atoms with Crippen LogP contribution in [0.2, 0.25) is 0 Å². The molecule has 28 heavy (non-hydrogen) atoms. The molecule has 7 nitrogen and oxygen atoms in total. The molecular formula is C21H29N7. The Bertz CT molecular complexity index is 937. The Kier molecular flexibility index (Phi) is 6.13. The number of aliphatic imine (C=N–C) groups is 1. The van der Waals surface area contributed by atoms with Crippen LogP contribution in [0, 0.1) is 13.8 Å². The largest absolute Gasteiger partial charge is 0.356 e. The van der Waals surface area contributed by atoms with Gasteiger partial charge in [0.25, 0.3) is 0 Å². The summed E-state index contributed by atoms with van der Waals surface area (Å²) < 4.78 is 1.94. The SMILES string of the molecule is CN=C(NCCc1c(C)nn(C)c1C)N(C)Cc1ncc(-c2ccccc2)[nH]1. The molecule has 0 amide bonds. The Morgan fingerprint density at radius 3 is 2.64 bits per heavy atom. The third-order valence-corrected chi connectivity index (χ3v) is 4.99. The van der Waals surface area contributed by atoms with Gasteiger partial charge in [-0.15, -0.1) is 0 Å². The lowest BCUT2D eigenvalue weighted by molar-refractivity contribution is 0.464. The lowest BCUT2D eigenvalue weighted by Crippen LogP contribution is -2.39. The number of aryl methyl sites for hydroxylation is 2. The molecule has 148 valence electrons. The second-order valence-corrected chi connectivity index (χ2v) is 6.96. The van der Waals surface area contributed by atoms with Gasteiger partial charge in [0.05, 0.1) is 24.1 Å². The molecule has 0 spiro atoms. The number of H-pyrrole nitrogens is 1. The minimum atomic E-state index is 0.650. The standard InChI is InChI=1S/C21H29N7/c1-15-18(16(2)28(5)26-15)11-12-23-21(22-3)27(4)14-20-24-13-19(25-20)17-9-7-6-8-10-17/h6-10,13H,11-12,14H2,1-5H3,(H,22,23)(H,24,25). The van der Waals surface area contributed by atoms with Crippen LogP contribution in [0.3, 0.4) is 0 Å². The Labute approximate surface area is 166 Å². The van der Waals surface area contributed by atoms with Gasteiger partial charge in [0.2, 0.25) is 0 Å². The molecule has 0 saturated carbocycles. The molecule has 2 aromatic heterocycles. The van der Waals surface area contributed by atoms with E-state index in [-0.39, 0.29) is 0 Å². The number of benzene rings is 1. The molecule has 0 radical (unpaired) electrons. The average molecular weight is 380 g/mol. The summed E-state index contributed by atoms with van der Waals surface area (Å²) in [4.78, 5) is 14.4. The van der Waals surface area contributed by atoms with E-state index in [2.05, 4.69) is 56.3 Å². The Morgan fingerprint density at radius 1 is 1.25 bits per heavy atom. The summed E-state index contributed by atoms with van der Waals surface area (Å²) in [7, 11) is 5.80. The van der Waals surface area contributed by atoms with Gasteiger partial charge in [0, 0.05) is 33.4 Å². The van der Waals surface area contributed by atoms with Gasteiger partial charge in [-0.2, -0.15) is 5.10 Å². The number of rotatable bonds is 6. The molecule has 0 saturated heterocycles. The maximum Gasteiger partial charge on any atom is 0.193 e. The van der Waals surface area contributed by atoms with E-state index in [0.29, 0.717) is 6.54 Å².